The zero-order chi connectivity index (χ0) is 24.1. The fraction of sp³-hybridized carbons (Fsp3) is 0.148. The summed E-state index contributed by atoms with van der Waals surface area (Å²) >= 11 is 0. The molecule has 1 N–H and O–H groups in total. The van der Waals surface area contributed by atoms with Crippen LogP contribution >= 0.6 is 0 Å². The van der Waals surface area contributed by atoms with Crippen molar-refractivity contribution in [2.75, 3.05) is 18.4 Å². The van der Waals surface area contributed by atoms with E-state index in [0.717, 1.165) is 11.1 Å². The molecule has 2 aromatic carbocycles. The van der Waals surface area contributed by atoms with Gasteiger partial charge in [0.2, 0.25) is 0 Å². The van der Waals surface area contributed by atoms with E-state index >= 15 is 0 Å². The maximum Gasteiger partial charge on any atom is 0.415 e. The Morgan fingerprint density at radius 2 is 1.62 bits per heavy atom. The van der Waals surface area contributed by atoms with Crippen LogP contribution in [0.25, 0.3) is 16.6 Å². The Bertz CT molecular complexity index is 1340. The first kappa shape index (κ1) is 22.8. The highest BCUT2D eigenvalue weighted by molar-refractivity contribution is 6.47. The van der Waals surface area contributed by atoms with Gasteiger partial charge in [-0.15, -0.1) is 0 Å². The van der Waals surface area contributed by atoms with Crippen LogP contribution < -0.4 is 10.1 Å². The quantitative estimate of drug-likeness (QED) is 0.304. The van der Waals surface area contributed by atoms with Gasteiger partial charge in [-0.1, -0.05) is 42.5 Å². The number of aromatic nitrogens is 1. The second kappa shape index (κ2) is 10.0. The average molecular weight is 456 g/mol. The van der Waals surface area contributed by atoms with Crippen LogP contribution in [-0.4, -0.2) is 40.2 Å². The van der Waals surface area contributed by atoms with Crippen LogP contribution in [0, 0.1) is 0 Å². The molecule has 0 saturated carbocycles. The van der Waals surface area contributed by atoms with Crippen molar-refractivity contribution in [1.29, 1.82) is 0 Å². The fourth-order valence-corrected chi connectivity index (χ4v) is 3.77. The molecule has 0 aliphatic carbocycles. The van der Waals surface area contributed by atoms with Gasteiger partial charge < -0.3 is 19.4 Å². The number of pyridine rings is 1. The number of benzene rings is 2. The third-order valence-corrected chi connectivity index (χ3v) is 5.50. The summed E-state index contributed by atoms with van der Waals surface area (Å²) in [6.45, 7) is 4.77. The number of hydrogen-bond acceptors (Lipinski definition) is 4. The van der Waals surface area contributed by atoms with Crippen LogP contribution in [0.1, 0.15) is 24.3 Å². The maximum atomic E-state index is 13.3. The minimum absolute atomic E-state index is 0.278. The predicted molar refractivity (Wildman–Crippen MR) is 131 cm³/mol. The lowest BCUT2D eigenvalue weighted by atomic mass is 10.0. The summed E-state index contributed by atoms with van der Waals surface area (Å²) in [6, 6.07) is 23.3. The monoisotopic (exact) mass is 455 g/mol. The van der Waals surface area contributed by atoms with Crippen molar-refractivity contribution in [3.05, 3.63) is 90.8 Å². The van der Waals surface area contributed by atoms with Crippen molar-refractivity contribution in [3.63, 3.8) is 0 Å². The van der Waals surface area contributed by atoms with Crippen molar-refractivity contribution in [2.24, 2.45) is 0 Å². The van der Waals surface area contributed by atoms with E-state index in [2.05, 4.69) is 5.32 Å². The second-order valence-electron chi connectivity index (χ2n) is 7.62. The third-order valence-electron chi connectivity index (χ3n) is 5.50. The molecule has 2 heterocycles. The number of nitrogens with one attached hydrogen (secondary N) is 1. The van der Waals surface area contributed by atoms with E-state index in [1.807, 2.05) is 68.4 Å². The van der Waals surface area contributed by atoms with Gasteiger partial charge in [0.1, 0.15) is 11.4 Å². The Kier molecular flexibility index (Phi) is 6.73. The third kappa shape index (κ3) is 4.68. The van der Waals surface area contributed by atoms with Crippen LogP contribution in [-0.2, 0) is 4.79 Å². The van der Waals surface area contributed by atoms with Crippen LogP contribution in [0.5, 0.6) is 5.75 Å². The average Bonchev–Trinajstić information content (AvgIpc) is 3.24. The summed E-state index contributed by atoms with van der Waals surface area (Å²) in [5.74, 6) is -1.18. The molecule has 172 valence electrons. The molecule has 0 fully saturated rings. The van der Waals surface area contributed by atoms with Gasteiger partial charge in [-0.2, -0.15) is 0 Å². The van der Waals surface area contributed by atoms with E-state index in [1.54, 1.807) is 28.8 Å². The number of rotatable bonds is 7. The summed E-state index contributed by atoms with van der Waals surface area (Å²) in [6.07, 6.45) is 1.28. The zero-order valence-electron chi connectivity index (χ0n) is 19.0. The molecule has 0 saturated heterocycles. The van der Waals surface area contributed by atoms with E-state index in [1.165, 1.54) is 11.0 Å². The molecule has 2 aromatic heterocycles. The minimum atomic E-state index is -0.784. The van der Waals surface area contributed by atoms with Crippen molar-refractivity contribution < 1.29 is 19.1 Å². The normalized spacial score (nSPS) is 10.6. The second-order valence-corrected chi connectivity index (χ2v) is 7.62. The van der Waals surface area contributed by atoms with Crippen molar-refractivity contribution in [2.45, 2.75) is 13.8 Å². The van der Waals surface area contributed by atoms with Crippen LogP contribution in [0.4, 0.5) is 10.5 Å². The summed E-state index contributed by atoms with van der Waals surface area (Å²) < 4.78 is 7.11. The molecule has 7 heteroatoms. The van der Waals surface area contributed by atoms with Gasteiger partial charge in [0.25, 0.3) is 11.7 Å². The molecule has 34 heavy (non-hydrogen) atoms. The summed E-state index contributed by atoms with van der Waals surface area (Å²) in [7, 11) is 0. The molecule has 0 unspecified atom stereocenters. The Labute approximate surface area is 197 Å². The molecule has 0 atom stereocenters. The number of anilines is 1. The van der Waals surface area contributed by atoms with E-state index in [-0.39, 0.29) is 11.4 Å². The highest BCUT2D eigenvalue weighted by Gasteiger charge is 2.25. The molecule has 0 aliphatic heterocycles. The van der Waals surface area contributed by atoms with Crippen molar-refractivity contribution in [1.82, 2.24) is 9.30 Å². The number of ether oxygens (including phenoxy) is 1. The molecule has 0 radical (unpaired) electrons. The number of nitrogens with zero attached hydrogens (tertiary/aromatic N) is 2. The lowest BCUT2D eigenvalue weighted by molar-refractivity contribution is -0.112. The molecule has 0 bridgehead atoms. The topological polar surface area (TPSA) is 80.1 Å². The van der Waals surface area contributed by atoms with Gasteiger partial charge in [-0.05, 0) is 49.7 Å². The summed E-state index contributed by atoms with van der Waals surface area (Å²) in [5.41, 5.74) is 2.96. The molecular formula is C27H25N3O4. The van der Waals surface area contributed by atoms with E-state index in [9.17, 15) is 14.4 Å². The van der Waals surface area contributed by atoms with Gasteiger partial charge in [0.05, 0.1) is 0 Å². The summed E-state index contributed by atoms with van der Waals surface area (Å²) in [5, 5.41) is 2.64. The van der Waals surface area contributed by atoms with E-state index in [0.29, 0.717) is 24.3 Å². The number of carbonyl (C=O) groups excluding carboxylic acids is 3. The van der Waals surface area contributed by atoms with E-state index < -0.39 is 17.8 Å². The van der Waals surface area contributed by atoms with Gasteiger partial charge in [-0.3, -0.25) is 9.59 Å². The molecular weight excluding hydrogens is 430 g/mol. The first-order valence-electron chi connectivity index (χ1n) is 11.1. The van der Waals surface area contributed by atoms with Gasteiger partial charge in [-0.25, -0.2) is 4.79 Å². The number of amides is 2. The van der Waals surface area contributed by atoms with Crippen LogP contribution in [0.3, 0.4) is 0 Å². The number of hydrogen-bond donors (Lipinski definition) is 1. The number of Topliss-reactive ketones (excluding diaryl/α,β-unsaturated/α-hetero) is 1. The van der Waals surface area contributed by atoms with Gasteiger partial charge in [0.15, 0.2) is 0 Å². The molecule has 0 aliphatic rings. The largest absolute Gasteiger partial charge is 0.415 e. The highest BCUT2D eigenvalue weighted by Crippen LogP contribution is 2.28. The lowest BCUT2D eigenvalue weighted by Crippen LogP contribution is -2.33. The SMILES string of the molecule is CCN(CC)C(=O)Oc1cccc(NC(=O)C(=O)c2c(-c3ccccc3)cc3ccccn23)c1. The molecule has 2 amide bonds. The fourth-order valence-electron chi connectivity index (χ4n) is 3.77. The maximum absolute atomic E-state index is 13.3. The molecule has 7 nitrogen and oxygen atoms in total. The van der Waals surface area contributed by atoms with Crippen LogP contribution in [0.2, 0.25) is 0 Å². The number of ketones is 1. The number of carbonyl (C=O) groups is 3. The Hall–Kier alpha value is -4.39. The van der Waals surface area contributed by atoms with Crippen LogP contribution in [0.15, 0.2) is 85.1 Å². The standard InChI is InChI=1S/C27H25N3O4/c1-3-29(4-2)27(33)34-22-15-10-13-20(17-22)28-26(32)25(31)24-23(19-11-6-5-7-12-19)18-21-14-8-9-16-30(21)24/h5-18H,3-4H2,1-2H3,(H,28,32). The molecule has 4 aromatic rings. The highest BCUT2D eigenvalue weighted by atomic mass is 16.6. The number of fused-ring (bicyclic) bond motifs is 1. The minimum Gasteiger partial charge on any atom is -0.410 e. The smallest absolute Gasteiger partial charge is 0.410 e. The van der Waals surface area contributed by atoms with Gasteiger partial charge >= 0.3 is 6.09 Å². The summed E-state index contributed by atoms with van der Waals surface area (Å²) in [4.78, 5) is 40.1. The Balaban J connectivity index is 1.60. The lowest BCUT2D eigenvalue weighted by Gasteiger charge is -2.18. The van der Waals surface area contributed by atoms with Crippen molar-refractivity contribution >= 4 is 29.0 Å². The molecule has 0 spiro atoms. The van der Waals surface area contributed by atoms with E-state index in [4.69, 9.17) is 4.74 Å². The Morgan fingerprint density at radius 3 is 2.35 bits per heavy atom. The van der Waals surface area contributed by atoms with Crippen molar-refractivity contribution in [3.8, 4) is 16.9 Å². The predicted octanol–water partition coefficient (Wildman–Crippen LogP) is 5.27. The first-order chi connectivity index (χ1) is 16.5. The Morgan fingerprint density at radius 1 is 0.882 bits per heavy atom. The van der Waals surface area contributed by atoms with Gasteiger partial charge in [0, 0.05) is 42.1 Å². The zero-order valence-corrected chi connectivity index (χ0v) is 19.0. The first-order valence-corrected chi connectivity index (χ1v) is 11.1. The molecule has 4 rings (SSSR count).